The molecule has 0 unspecified atom stereocenters. The van der Waals surface area contributed by atoms with Gasteiger partial charge in [0, 0.05) is 26.2 Å². The van der Waals surface area contributed by atoms with Crippen molar-refractivity contribution in [2.75, 3.05) is 26.2 Å². The third kappa shape index (κ3) is 3.08. The topological polar surface area (TPSA) is 71.3 Å². The summed E-state index contributed by atoms with van der Waals surface area (Å²) in [7, 11) is 0. The third-order valence-corrected chi connectivity index (χ3v) is 6.37. The van der Waals surface area contributed by atoms with Gasteiger partial charge in [-0.25, -0.2) is 4.68 Å². The van der Waals surface area contributed by atoms with Crippen molar-refractivity contribution in [3.05, 3.63) is 42.2 Å². The molecule has 0 N–H and O–H groups in total. The maximum Gasteiger partial charge on any atom is 0.276 e. The molecular formula is C21H25N5O2. The van der Waals surface area contributed by atoms with Gasteiger partial charge in [-0.05, 0) is 50.2 Å². The minimum absolute atomic E-state index is 0.133. The summed E-state index contributed by atoms with van der Waals surface area (Å²) in [5.74, 6) is 0.825. The van der Waals surface area contributed by atoms with Gasteiger partial charge < -0.3 is 9.80 Å². The summed E-state index contributed by atoms with van der Waals surface area (Å²) in [4.78, 5) is 30.0. The fourth-order valence-corrected chi connectivity index (χ4v) is 4.59. The van der Waals surface area contributed by atoms with Gasteiger partial charge in [0.25, 0.3) is 5.91 Å². The van der Waals surface area contributed by atoms with E-state index in [1.807, 2.05) is 30.3 Å². The molecule has 2 aromatic rings. The average molecular weight is 379 g/mol. The van der Waals surface area contributed by atoms with Crippen LogP contribution in [0.25, 0.3) is 5.69 Å². The molecule has 7 heteroatoms. The van der Waals surface area contributed by atoms with E-state index in [1.165, 1.54) is 12.8 Å². The number of aromatic nitrogens is 3. The fraction of sp³-hybridized carbons (Fsp3) is 0.524. The van der Waals surface area contributed by atoms with Crippen LogP contribution in [0.4, 0.5) is 0 Å². The van der Waals surface area contributed by atoms with E-state index in [9.17, 15) is 9.59 Å². The number of rotatable bonds is 4. The summed E-state index contributed by atoms with van der Waals surface area (Å²) in [5.41, 5.74) is 0.808. The summed E-state index contributed by atoms with van der Waals surface area (Å²) < 4.78 is 1.61. The van der Waals surface area contributed by atoms with Crippen LogP contribution in [0.5, 0.6) is 0 Å². The Labute approximate surface area is 164 Å². The standard InChI is InChI=1S/C21H25N5O2/c27-19(18-14-26(23-22-18)17-5-2-1-3-6-17)25-12-10-21(15-25)9-4-11-24(20(21)28)13-16-7-8-16/h1-3,5-6,14,16H,4,7-13,15H2/t21-/m0/s1. The van der Waals surface area contributed by atoms with E-state index in [0.29, 0.717) is 24.7 Å². The molecule has 7 nitrogen and oxygen atoms in total. The van der Waals surface area contributed by atoms with Crippen molar-refractivity contribution in [3.8, 4) is 5.69 Å². The maximum absolute atomic E-state index is 13.2. The maximum atomic E-state index is 13.2. The lowest BCUT2D eigenvalue weighted by Gasteiger charge is -2.39. The first-order valence-corrected chi connectivity index (χ1v) is 10.2. The van der Waals surface area contributed by atoms with Crippen molar-refractivity contribution in [1.82, 2.24) is 24.8 Å². The number of piperidine rings is 1. The molecule has 1 aromatic heterocycles. The Morgan fingerprint density at radius 3 is 2.75 bits per heavy atom. The number of benzene rings is 1. The van der Waals surface area contributed by atoms with Crippen LogP contribution in [0.15, 0.2) is 36.5 Å². The molecule has 1 aliphatic carbocycles. The Balaban J connectivity index is 1.29. The lowest BCUT2D eigenvalue weighted by Crippen LogP contribution is -2.51. The zero-order chi connectivity index (χ0) is 19.1. The van der Waals surface area contributed by atoms with E-state index < -0.39 is 5.41 Å². The molecule has 1 aromatic carbocycles. The van der Waals surface area contributed by atoms with Crippen LogP contribution in [0.1, 0.15) is 42.6 Å². The van der Waals surface area contributed by atoms with Crippen LogP contribution in [0.2, 0.25) is 0 Å². The minimum atomic E-state index is -0.391. The molecule has 3 fully saturated rings. The Morgan fingerprint density at radius 1 is 1.14 bits per heavy atom. The zero-order valence-electron chi connectivity index (χ0n) is 16.0. The van der Waals surface area contributed by atoms with Gasteiger partial charge >= 0.3 is 0 Å². The third-order valence-electron chi connectivity index (χ3n) is 6.37. The van der Waals surface area contributed by atoms with Crippen molar-refractivity contribution in [2.24, 2.45) is 11.3 Å². The molecule has 0 bridgehead atoms. The summed E-state index contributed by atoms with van der Waals surface area (Å²) in [6.07, 6.45) is 6.84. The summed E-state index contributed by atoms with van der Waals surface area (Å²) in [6.45, 7) is 2.89. The van der Waals surface area contributed by atoms with E-state index in [0.717, 1.165) is 38.0 Å². The van der Waals surface area contributed by atoms with E-state index in [4.69, 9.17) is 0 Å². The second kappa shape index (κ2) is 6.72. The number of nitrogens with zero attached hydrogens (tertiary/aromatic N) is 5. The minimum Gasteiger partial charge on any atom is -0.342 e. The van der Waals surface area contributed by atoms with Crippen LogP contribution in [0, 0.1) is 11.3 Å². The Hall–Kier alpha value is -2.70. The van der Waals surface area contributed by atoms with Gasteiger partial charge in [0.1, 0.15) is 0 Å². The molecule has 3 heterocycles. The normalized spacial score (nSPS) is 24.9. The molecular weight excluding hydrogens is 354 g/mol. The number of carbonyl (C=O) groups is 2. The van der Waals surface area contributed by atoms with Crippen LogP contribution in [0.3, 0.4) is 0 Å². The highest BCUT2D eigenvalue weighted by Crippen LogP contribution is 2.42. The lowest BCUT2D eigenvalue weighted by atomic mass is 9.78. The monoisotopic (exact) mass is 379 g/mol. The molecule has 3 aliphatic rings. The molecule has 5 rings (SSSR count). The van der Waals surface area contributed by atoms with Gasteiger partial charge in [-0.2, -0.15) is 0 Å². The molecule has 2 amide bonds. The summed E-state index contributed by atoms with van der Waals surface area (Å²) >= 11 is 0. The summed E-state index contributed by atoms with van der Waals surface area (Å²) in [6, 6.07) is 9.62. The van der Waals surface area contributed by atoms with Crippen LogP contribution >= 0.6 is 0 Å². The number of hydrogen-bond donors (Lipinski definition) is 0. The Bertz CT molecular complexity index is 891. The molecule has 0 radical (unpaired) electrons. The van der Waals surface area contributed by atoms with Gasteiger partial charge in [0.15, 0.2) is 5.69 Å². The number of para-hydroxylation sites is 1. The predicted octanol–water partition coefficient (Wildman–Crippen LogP) is 2.13. The summed E-state index contributed by atoms with van der Waals surface area (Å²) in [5, 5.41) is 8.17. The second-order valence-corrected chi connectivity index (χ2v) is 8.44. The van der Waals surface area contributed by atoms with Gasteiger partial charge in [-0.1, -0.05) is 23.4 Å². The Kier molecular flexibility index (Phi) is 4.18. The molecule has 2 aliphatic heterocycles. The molecule has 2 saturated heterocycles. The molecule has 1 saturated carbocycles. The molecule has 146 valence electrons. The SMILES string of the molecule is O=C(c1cn(-c2ccccc2)nn1)N1CC[C@@]2(CCCN(CC3CC3)C2=O)C1. The van der Waals surface area contributed by atoms with Crippen LogP contribution in [-0.4, -0.2) is 62.8 Å². The average Bonchev–Trinajstić information content (AvgIpc) is 3.24. The number of carbonyl (C=O) groups excluding carboxylic acids is 2. The highest BCUT2D eigenvalue weighted by Gasteiger charge is 2.50. The number of hydrogen-bond acceptors (Lipinski definition) is 4. The van der Waals surface area contributed by atoms with Gasteiger partial charge in [0.2, 0.25) is 5.91 Å². The zero-order valence-corrected chi connectivity index (χ0v) is 16.0. The first-order chi connectivity index (χ1) is 13.6. The Morgan fingerprint density at radius 2 is 1.96 bits per heavy atom. The largest absolute Gasteiger partial charge is 0.342 e. The molecule has 1 spiro atoms. The first kappa shape index (κ1) is 17.4. The van der Waals surface area contributed by atoms with E-state index in [2.05, 4.69) is 15.2 Å². The fourth-order valence-electron chi connectivity index (χ4n) is 4.59. The number of amides is 2. The van der Waals surface area contributed by atoms with Crippen LogP contribution in [-0.2, 0) is 4.79 Å². The van der Waals surface area contributed by atoms with Crippen LogP contribution < -0.4 is 0 Å². The highest BCUT2D eigenvalue weighted by atomic mass is 16.2. The number of likely N-dealkylation sites (tertiary alicyclic amines) is 2. The predicted molar refractivity (Wildman–Crippen MR) is 103 cm³/mol. The second-order valence-electron chi connectivity index (χ2n) is 8.44. The quantitative estimate of drug-likeness (QED) is 0.816. The first-order valence-electron chi connectivity index (χ1n) is 10.2. The lowest BCUT2D eigenvalue weighted by molar-refractivity contribution is -0.145. The van der Waals surface area contributed by atoms with Crippen molar-refractivity contribution >= 4 is 11.8 Å². The van der Waals surface area contributed by atoms with E-state index in [1.54, 1.807) is 15.8 Å². The van der Waals surface area contributed by atoms with E-state index >= 15 is 0 Å². The van der Waals surface area contributed by atoms with Gasteiger partial charge in [-0.15, -0.1) is 5.10 Å². The van der Waals surface area contributed by atoms with Crippen molar-refractivity contribution in [1.29, 1.82) is 0 Å². The van der Waals surface area contributed by atoms with Crippen molar-refractivity contribution < 1.29 is 9.59 Å². The van der Waals surface area contributed by atoms with Gasteiger partial charge in [0.05, 0.1) is 17.3 Å². The van der Waals surface area contributed by atoms with Crippen molar-refractivity contribution in [2.45, 2.75) is 32.1 Å². The molecule has 28 heavy (non-hydrogen) atoms. The molecule has 1 atom stereocenters. The van der Waals surface area contributed by atoms with Gasteiger partial charge in [-0.3, -0.25) is 9.59 Å². The smallest absolute Gasteiger partial charge is 0.276 e. The highest BCUT2D eigenvalue weighted by molar-refractivity contribution is 5.93. The van der Waals surface area contributed by atoms with E-state index in [-0.39, 0.29) is 11.8 Å². The van der Waals surface area contributed by atoms with Crippen molar-refractivity contribution in [3.63, 3.8) is 0 Å².